The van der Waals surface area contributed by atoms with Crippen LogP contribution in [0.15, 0.2) is 4.34 Å². The summed E-state index contributed by atoms with van der Waals surface area (Å²) < 4.78 is 2.63. The molecule has 0 aromatic carbocycles. The van der Waals surface area contributed by atoms with Crippen LogP contribution in [0.4, 0.5) is 0 Å². The molecule has 7 nitrogen and oxygen atoms in total. The number of hydrogen-bond acceptors (Lipinski definition) is 7. The molecule has 0 fully saturated rings. The van der Waals surface area contributed by atoms with E-state index in [1.807, 2.05) is 0 Å². The summed E-state index contributed by atoms with van der Waals surface area (Å²) in [4.78, 5) is 13.9. The second-order valence-corrected chi connectivity index (χ2v) is 7.03. The number of aryl methyl sites for hydroxylation is 1. The van der Waals surface area contributed by atoms with Gasteiger partial charge in [0.25, 0.3) is 0 Å². The molecular formula is C12H20N6OS2. The summed E-state index contributed by atoms with van der Waals surface area (Å²) in [5.74, 6) is 1.35. The first-order chi connectivity index (χ1) is 10.1. The molecule has 9 heteroatoms. The van der Waals surface area contributed by atoms with Gasteiger partial charge in [-0.3, -0.25) is 4.79 Å². The van der Waals surface area contributed by atoms with Crippen LogP contribution in [-0.4, -0.2) is 57.0 Å². The number of amides is 1. The predicted molar refractivity (Wildman–Crippen MR) is 84.7 cm³/mol. The number of unbranched alkanes of at least 4 members (excludes halogenated alkanes) is 2. The third-order valence-corrected chi connectivity index (χ3v) is 4.98. The lowest BCUT2D eigenvalue weighted by Crippen LogP contribution is -2.23. The van der Waals surface area contributed by atoms with Crippen molar-refractivity contribution >= 4 is 34.0 Å². The van der Waals surface area contributed by atoms with Crippen LogP contribution in [0.3, 0.4) is 0 Å². The minimum Gasteiger partial charge on any atom is -0.348 e. The first kappa shape index (κ1) is 16.2. The first-order valence-corrected chi connectivity index (χ1v) is 8.66. The third-order valence-electron chi connectivity index (χ3n) is 2.96. The summed E-state index contributed by atoms with van der Waals surface area (Å²) in [5, 5.41) is 12.8. The van der Waals surface area contributed by atoms with E-state index in [2.05, 4.69) is 15.3 Å². The van der Waals surface area contributed by atoms with E-state index in [1.54, 1.807) is 23.5 Å². The van der Waals surface area contributed by atoms with Crippen molar-refractivity contribution < 1.29 is 4.79 Å². The Labute approximate surface area is 131 Å². The van der Waals surface area contributed by atoms with Crippen molar-refractivity contribution in [3.63, 3.8) is 0 Å². The maximum Gasteiger partial charge on any atom is 0.235 e. The smallest absolute Gasteiger partial charge is 0.235 e. The lowest BCUT2D eigenvalue weighted by Gasteiger charge is -2.07. The van der Waals surface area contributed by atoms with Crippen LogP contribution in [-0.2, 0) is 11.2 Å². The second kappa shape index (κ2) is 7.71. The number of aromatic nitrogens is 4. The molecular weight excluding hydrogens is 308 g/mol. The lowest BCUT2D eigenvalue weighted by molar-refractivity contribution is -0.125. The highest BCUT2D eigenvalue weighted by molar-refractivity contribution is 8.01. The molecule has 0 spiro atoms. The summed E-state index contributed by atoms with van der Waals surface area (Å²) in [6.45, 7) is 0.729. The zero-order valence-corrected chi connectivity index (χ0v) is 13.9. The Morgan fingerprint density at radius 2 is 2.14 bits per heavy atom. The highest BCUT2D eigenvalue weighted by atomic mass is 32.2. The van der Waals surface area contributed by atoms with E-state index in [0.29, 0.717) is 5.75 Å². The van der Waals surface area contributed by atoms with Crippen molar-refractivity contribution in [2.75, 3.05) is 26.4 Å². The molecule has 2 N–H and O–H groups in total. The van der Waals surface area contributed by atoms with E-state index in [-0.39, 0.29) is 5.91 Å². The van der Waals surface area contributed by atoms with Gasteiger partial charge >= 0.3 is 0 Å². The van der Waals surface area contributed by atoms with Crippen LogP contribution in [0.1, 0.15) is 25.1 Å². The maximum atomic E-state index is 11.6. The molecule has 1 amide bonds. The summed E-state index contributed by atoms with van der Waals surface area (Å²) in [6, 6.07) is 0. The van der Waals surface area contributed by atoms with Gasteiger partial charge in [0, 0.05) is 20.5 Å². The molecule has 0 aliphatic heterocycles. The largest absolute Gasteiger partial charge is 0.348 e. The Balaban J connectivity index is 1.95. The van der Waals surface area contributed by atoms with Crippen molar-refractivity contribution in [1.82, 2.24) is 24.7 Å². The number of fused-ring (bicyclic) bond motifs is 1. The molecule has 2 heterocycles. The highest BCUT2D eigenvalue weighted by Crippen LogP contribution is 2.24. The SMILES string of the molecule is CN(C)C(=O)CSc1nn2c(CCCCCN)nnc2s1. The third kappa shape index (κ3) is 4.39. The van der Waals surface area contributed by atoms with E-state index in [0.717, 1.165) is 47.4 Å². The summed E-state index contributed by atoms with van der Waals surface area (Å²) in [5.41, 5.74) is 5.48. The highest BCUT2D eigenvalue weighted by Gasteiger charge is 2.13. The Morgan fingerprint density at radius 1 is 1.33 bits per heavy atom. The van der Waals surface area contributed by atoms with Gasteiger partial charge in [0.05, 0.1) is 5.75 Å². The monoisotopic (exact) mass is 328 g/mol. The topological polar surface area (TPSA) is 89.4 Å². The number of nitrogens with zero attached hydrogens (tertiary/aromatic N) is 5. The fraction of sp³-hybridized carbons (Fsp3) is 0.667. The van der Waals surface area contributed by atoms with E-state index in [9.17, 15) is 4.79 Å². The van der Waals surface area contributed by atoms with Gasteiger partial charge in [-0.05, 0) is 19.4 Å². The second-order valence-electron chi connectivity index (χ2n) is 4.85. The number of carbonyl (C=O) groups is 1. The van der Waals surface area contributed by atoms with Gasteiger partial charge in [0.2, 0.25) is 10.9 Å². The minimum atomic E-state index is 0.0768. The van der Waals surface area contributed by atoms with Gasteiger partial charge in [-0.25, -0.2) is 0 Å². The lowest BCUT2D eigenvalue weighted by atomic mass is 10.2. The number of carbonyl (C=O) groups excluding carboxylic acids is 1. The number of nitrogens with two attached hydrogens (primary N) is 1. The average Bonchev–Trinajstić information content (AvgIpc) is 3.01. The molecule has 116 valence electrons. The van der Waals surface area contributed by atoms with Crippen molar-refractivity contribution in [2.24, 2.45) is 5.73 Å². The number of rotatable bonds is 8. The molecule has 0 radical (unpaired) electrons. The van der Waals surface area contributed by atoms with Crippen LogP contribution < -0.4 is 5.73 Å². The zero-order chi connectivity index (χ0) is 15.2. The molecule has 21 heavy (non-hydrogen) atoms. The quantitative estimate of drug-likeness (QED) is 0.575. The van der Waals surface area contributed by atoms with E-state index < -0.39 is 0 Å². The van der Waals surface area contributed by atoms with Crippen molar-refractivity contribution in [3.05, 3.63) is 5.82 Å². The average molecular weight is 328 g/mol. The molecule has 0 bridgehead atoms. The predicted octanol–water partition coefficient (Wildman–Crippen LogP) is 1.04. The number of hydrogen-bond donors (Lipinski definition) is 1. The van der Waals surface area contributed by atoms with Crippen molar-refractivity contribution in [1.29, 1.82) is 0 Å². The Bertz CT molecular complexity index is 594. The van der Waals surface area contributed by atoms with E-state index in [4.69, 9.17) is 5.73 Å². The normalized spacial score (nSPS) is 11.2. The minimum absolute atomic E-state index is 0.0768. The van der Waals surface area contributed by atoms with Crippen molar-refractivity contribution in [2.45, 2.75) is 30.0 Å². The summed E-state index contributed by atoms with van der Waals surface area (Å²) >= 11 is 2.90. The van der Waals surface area contributed by atoms with E-state index >= 15 is 0 Å². The zero-order valence-electron chi connectivity index (χ0n) is 12.3. The summed E-state index contributed by atoms with van der Waals surface area (Å²) in [6.07, 6.45) is 4.02. The molecule has 0 aliphatic rings. The van der Waals surface area contributed by atoms with Gasteiger partial charge in [-0.1, -0.05) is 29.5 Å². The van der Waals surface area contributed by atoms with Gasteiger partial charge < -0.3 is 10.6 Å². The molecule has 0 saturated carbocycles. The van der Waals surface area contributed by atoms with Crippen LogP contribution >= 0.6 is 23.1 Å². The van der Waals surface area contributed by atoms with Crippen LogP contribution in [0, 0.1) is 0 Å². The molecule has 0 atom stereocenters. The Hall–Kier alpha value is -1.19. The molecule has 0 saturated heterocycles. The maximum absolute atomic E-state index is 11.6. The molecule has 2 aromatic rings. The van der Waals surface area contributed by atoms with Gasteiger partial charge in [0.1, 0.15) is 0 Å². The standard InChI is InChI=1S/C12H20N6OS2/c1-17(2)10(19)8-20-12-16-18-9(6-4-3-5-7-13)14-15-11(18)21-12/h3-8,13H2,1-2H3. The fourth-order valence-electron chi connectivity index (χ4n) is 1.71. The molecule has 2 aromatic heterocycles. The molecule has 0 unspecified atom stereocenters. The van der Waals surface area contributed by atoms with Crippen LogP contribution in [0.5, 0.6) is 0 Å². The fourth-order valence-corrected chi connectivity index (χ4v) is 3.58. The van der Waals surface area contributed by atoms with E-state index in [1.165, 1.54) is 23.1 Å². The van der Waals surface area contributed by atoms with Crippen LogP contribution in [0.25, 0.3) is 4.96 Å². The van der Waals surface area contributed by atoms with Gasteiger partial charge in [0.15, 0.2) is 10.2 Å². The van der Waals surface area contributed by atoms with Crippen LogP contribution in [0.2, 0.25) is 0 Å². The Kier molecular flexibility index (Phi) is 5.95. The molecule has 0 aliphatic carbocycles. The van der Waals surface area contributed by atoms with Crippen molar-refractivity contribution in [3.8, 4) is 0 Å². The summed E-state index contributed by atoms with van der Waals surface area (Å²) in [7, 11) is 3.50. The Morgan fingerprint density at radius 3 is 2.86 bits per heavy atom. The van der Waals surface area contributed by atoms with Gasteiger partial charge in [-0.15, -0.1) is 15.3 Å². The number of thioether (sulfide) groups is 1. The van der Waals surface area contributed by atoms with Gasteiger partial charge in [-0.2, -0.15) is 4.52 Å². The first-order valence-electron chi connectivity index (χ1n) is 6.86. The molecule has 2 rings (SSSR count).